The molecule has 2 atom stereocenters. The van der Waals surface area contributed by atoms with Crippen molar-refractivity contribution in [2.45, 2.75) is 38.8 Å². The van der Waals surface area contributed by atoms with Crippen LogP contribution >= 0.6 is 23.7 Å². The first kappa shape index (κ1) is 20.8. The zero-order valence-electron chi connectivity index (χ0n) is 16.5. The first-order valence-electron chi connectivity index (χ1n) is 9.25. The van der Waals surface area contributed by atoms with Gasteiger partial charge in [0.2, 0.25) is 5.88 Å². The number of ether oxygens (including phenoxy) is 1. The minimum Gasteiger partial charge on any atom is -0.473 e. The van der Waals surface area contributed by atoms with Crippen LogP contribution in [0.1, 0.15) is 27.2 Å². The summed E-state index contributed by atoms with van der Waals surface area (Å²) in [6.45, 7) is 7.83. The molecule has 28 heavy (non-hydrogen) atoms. The van der Waals surface area contributed by atoms with E-state index < -0.39 is 0 Å². The second kappa shape index (κ2) is 8.19. The van der Waals surface area contributed by atoms with Crippen LogP contribution in [0.5, 0.6) is 5.88 Å². The summed E-state index contributed by atoms with van der Waals surface area (Å²) in [5.74, 6) is 1.01. The van der Waals surface area contributed by atoms with E-state index in [0.29, 0.717) is 11.8 Å². The van der Waals surface area contributed by atoms with Gasteiger partial charge in [-0.25, -0.2) is 0 Å². The molecule has 0 spiro atoms. The Morgan fingerprint density at radius 3 is 2.75 bits per heavy atom. The molecule has 1 saturated heterocycles. The Kier molecular flexibility index (Phi) is 6.07. The van der Waals surface area contributed by atoms with Crippen LogP contribution in [0.3, 0.4) is 0 Å². The molecule has 0 aromatic carbocycles. The average molecular weight is 420 g/mol. The predicted molar refractivity (Wildman–Crippen MR) is 115 cm³/mol. The third-order valence-electron chi connectivity index (χ3n) is 6.00. The Hall–Kier alpha value is -1.96. The molecule has 1 fully saturated rings. The Balaban J connectivity index is 0.00000225. The number of aromatic amines is 1. The minimum atomic E-state index is 0. The number of H-pyrrole nitrogens is 1. The summed E-state index contributed by atoms with van der Waals surface area (Å²) < 4.78 is 6.20. The van der Waals surface area contributed by atoms with Gasteiger partial charge in [0, 0.05) is 35.8 Å². The molecule has 2 unspecified atom stereocenters. The number of aromatic nitrogens is 4. The lowest BCUT2D eigenvalue weighted by Gasteiger charge is -2.48. The van der Waals surface area contributed by atoms with Crippen molar-refractivity contribution in [3.63, 3.8) is 0 Å². The highest BCUT2D eigenvalue weighted by Crippen LogP contribution is 2.35. The number of nitrogens with one attached hydrogen (secondary N) is 1. The van der Waals surface area contributed by atoms with Crippen molar-refractivity contribution in [1.29, 1.82) is 0 Å². The van der Waals surface area contributed by atoms with Crippen LogP contribution in [0.15, 0.2) is 36.0 Å². The van der Waals surface area contributed by atoms with Gasteiger partial charge in [-0.05, 0) is 50.4 Å². The lowest BCUT2D eigenvalue weighted by atomic mass is 9.79. The lowest BCUT2D eigenvalue weighted by molar-refractivity contribution is -0.0301. The van der Waals surface area contributed by atoms with Gasteiger partial charge >= 0.3 is 0 Å². The van der Waals surface area contributed by atoms with E-state index >= 15 is 0 Å². The molecule has 1 aliphatic rings. The SMILES string of the molecule is CC1C(Oc2ccc(-c3cc(-c4cn[nH]c4)cs3)nn2)CCN(C)C1(C)C.Cl. The van der Waals surface area contributed by atoms with Crippen LogP contribution in [-0.2, 0) is 0 Å². The maximum absolute atomic E-state index is 6.20. The van der Waals surface area contributed by atoms with E-state index in [4.69, 9.17) is 4.74 Å². The number of hydrogen-bond acceptors (Lipinski definition) is 6. The van der Waals surface area contributed by atoms with E-state index in [1.165, 1.54) is 0 Å². The third kappa shape index (κ3) is 3.92. The molecule has 1 N–H and O–H groups in total. The molecule has 150 valence electrons. The van der Waals surface area contributed by atoms with Crippen LogP contribution in [0.2, 0.25) is 0 Å². The monoisotopic (exact) mass is 419 g/mol. The highest BCUT2D eigenvalue weighted by molar-refractivity contribution is 7.14. The second-order valence-corrected chi connectivity index (χ2v) is 8.66. The van der Waals surface area contributed by atoms with Gasteiger partial charge in [-0.1, -0.05) is 6.92 Å². The molecule has 6 nitrogen and oxygen atoms in total. The molecule has 8 heteroatoms. The molecule has 0 aliphatic carbocycles. The van der Waals surface area contributed by atoms with E-state index in [1.54, 1.807) is 11.3 Å². The summed E-state index contributed by atoms with van der Waals surface area (Å²) in [6.07, 6.45) is 4.87. The summed E-state index contributed by atoms with van der Waals surface area (Å²) in [5, 5.41) is 17.7. The van der Waals surface area contributed by atoms with E-state index in [1.807, 2.05) is 24.5 Å². The van der Waals surface area contributed by atoms with E-state index in [2.05, 4.69) is 64.6 Å². The van der Waals surface area contributed by atoms with Crippen LogP contribution < -0.4 is 4.74 Å². The van der Waals surface area contributed by atoms with Crippen molar-refractivity contribution in [3.8, 4) is 27.6 Å². The number of nitrogens with zero attached hydrogens (tertiary/aromatic N) is 4. The third-order valence-corrected chi connectivity index (χ3v) is 6.95. The molecular formula is C20H26ClN5OS. The van der Waals surface area contributed by atoms with E-state index in [0.717, 1.165) is 34.7 Å². The highest BCUT2D eigenvalue weighted by atomic mass is 35.5. The Bertz CT molecular complexity index is 894. The number of hydrogen-bond donors (Lipinski definition) is 1. The highest BCUT2D eigenvalue weighted by Gasteiger charge is 2.40. The molecule has 0 bridgehead atoms. The normalized spacial score (nSPS) is 21.9. The second-order valence-electron chi connectivity index (χ2n) is 7.75. The smallest absolute Gasteiger partial charge is 0.233 e. The zero-order chi connectivity index (χ0) is 19.0. The van der Waals surface area contributed by atoms with Gasteiger partial charge < -0.3 is 9.64 Å². The van der Waals surface area contributed by atoms with Crippen molar-refractivity contribution in [2.75, 3.05) is 13.6 Å². The number of rotatable bonds is 4. The fourth-order valence-electron chi connectivity index (χ4n) is 3.52. The van der Waals surface area contributed by atoms with Crippen molar-refractivity contribution in [1.82, 2.24) is 25.3 Å². The van der Waals surface area contributed by atoms with Crippen molar-refractivity contribution >= 4 is 23.7 Å². The molecule has 1 aliphatic heterocycles. The predicted octanol–water partition coefficient (Wildman–Crippen LogP) is 4.51. The van der Waals surface area contributed by atoms with Crippen molar-refractivity contribution < 1.29 is 4.74 Å². The van der Waals surface area contributed by atoms with Crippen molar-refractivity contribution in [2.24, 2.45) is 5.92 Å². The minimum absolute atomic E-state index is 0. The maximum atomic E-state index is 6.20. The zero-order valence-corrected chi connectivity index (χ0v) is 18.2. The van der Waals surface area contributed by atoms with Crippen LogP contribution in [0.4, 0.5) is 0 Å². The first-order valence-corrected chi connectivity index (χ1v) is 10.1. The molecule has 3 aromatic rings. The summed E-state index contributed by atoms with van der Waals surface area (Å²) in [4.78, 5) is 3.49. The maximum Gasteiger partial charge on any atom is 0.233 e. The fourth-order valence-corrected chi connectivity index (χ4v) is 4.41. The number of piperidine rings is 1. The van der Waals surface area contributed by atoms with E-state index in [-0.39, 0.29) is 24.0 Å². The fraction of sp³-hybridized carbons (Fsp3) is 0.450. The number of halogens is 1. The lowest BCUT2D eigenvalue weighted by Crippen LogP contribution is -2.56. The molecule has 0 saturated carbocycles. The number of thiophene rings is 1. The molecule has 0 radical (unpaired) electrons. The quantitative estimate of drug-likeness (QED) is 0.673. The summed E-state index contributed by atoms with van der Waals surface area (Å²) >= 11 is 1.65. The van der Waals surface area contributed by atoms with Gasteiger partial charge in [0.25, 0.3) is 0 Å². The van der Waals surface area contributed by atoms with Gasteiger partial charge in [0.1, 0.15) is 11.8 Å². The van der Waals surface area contributed by atoms with Crippen LogP contribution in [0, 0.1) is 5.92 Å². The summed E-state index contributed by atoms with van der Waals surface area (Å²) in [7, 11) is 2.18. The van der Waals surface area contributed by atoms with Crippen molar-refractivity contribution in [3.05, 3.63) is 36.0 Å². The van der Waals surface area contributed by atoms with Gasteiger partial charge in [0.05, 0.1) is 11.1 Å². The van der Waals surface area contributed by atoms with Gasteiger partial charge in [-0.3, -0.25) is 5.10 Å². The first-order chi connectivity index (χ1) is 12.9. The summed E-state index contributed by atoms with van der Waals surface area (Å²) in [6, 6.07) is 6.03. The molecular weight excluding hydrogens is 394 g/mol. The Morgan fingerprint density at radius 2 is 2.07 bits per heavy atom. The average Bonchev–Trinajstić information content (AvgIpc) is 3.35. The molecule has 4 heterocycles. The number of likely N-dealkylation sites (tertiary alicyclic amines) is 1. The molecule has 4 rings (SSSR count). The summed E-state index contributed by atoms with van der Waals surface area (Å²) in [5.41, 5.74) is 3.17. The van der Waals surface area contributed by atoms with Crippen LogP contribution in [-0.4, -0.2) is 50.5 Å². The molecule has 3 aromatic heterocycles. The molecule has 0 amide bonds. The van der Waals surface area contributed by atoms with E-state index in [9.17, 15) is 0 Å². The van der Waals surface area contributed by atoms with Gasteiger partial charge in [0.15, 0.2) is 0 Å². The topological polar surface area (TPSA) is 66.9 Å². The largest absolute Gasteiger partial charge is 0.473 e. The van der Waals surface area contributed by atoms with Gasteiger partial charge in [-0.15, -0.1) is 33.9 Å². The van der Waals surface area contributed by atoms with Crippen LogP contribution in [0.25, 0.3) is 21.7 Å². The van der Waals surface area contributed by atoms with Gasteiger partial charge in [-0.2, -0.15) is 5.10 Å². The standard InChI is InChI=1S/C20H25N5OS.ClH/c1-13-17(7-8-25(4)20(13,2)3)26-19-6-5-16(23-24-19)18-9-14(12-27-18)15-10-21-22-11-15;/h5-6,9-13,17H,7-8H2,1-4H3,(H,21,22);1H. The Morgan fingerprint density at radius 1 is 1.25 bits per heavy atom. The Labute approximate surface area is 175 Å².